The number of aliphatic carboxylic acids is 1. The summed E-state index contributed by atoms with van der Waals surface area (Å²) in [6.07, 6.45) is 1.70. The molecule has 0 heterocycles. The van der Waals surface area contributed by atoms with Crippen molar-refractivity contribution in [3.63, 3.8) is 0 Å². The number of benzene rings is 2. The Morgan fingerprint density at radius 3 is 2.44 bits per heavy atom. The Labute approximate surface area is 160 Å². The molecule has 3 N–H and O–H groups in total. The lowest BCUT2D eigenvalue weighted by atomic mass is 10.3. The first-order valence-electron chi connectivity index (χ1n) is 7.85. The van der Waals surface area contributed by atoms with Crippen LogP contribution in [0.1, 0.15) is 0 Å². The van der Waals surface area contributed by atoms with E-state index >= 15 is 0 Å². The van der Waals surface area contributed by atoms with Gasteiger partial charge in [-0.1, -0.05) is 6.07 Å². The number of carbonyl (C=O) groups is 3. The van der Waals surface area contributed by atoms with Crippen LogP contribution in [-0.4, -0.2) is 35.8 Å². The van der Waals surface area contributed by atoms with E-state index in [4.69, 9.17) is 9.84 Å². The van der Waals surface area contributed by atoms with Gasteiger partial charge in [-0.2, -0.15) is 0 Å². The van der Waals surface area contributed by atoms with Crippen LogP contribution >= 0.6 is 11.8 Å². The molecule has 0 aliphatic rings. The van der Waals surface area contributed by atoms with Gasteiger partial charge in [-0.15, -0.1) is 11.8 Å². The molecule has 140 valence electrons. The topological polar surface area (TPSA) is 105 Å². The minimum absolute atomic E-state index is 0.163. The fourth-order valence-electron chi connectivity index (χ4n) is 2.01. The van der Waals surface area contributed by atoms with E-state index in [2.05, 4.69) is 10.6 Å². The molecule has 0 saturated heterocycles. The van der Waals surface area contributed by atoms with Crippen molar-refractivity contribution in [1.29, 1.82) is 0 Å². The Morgan fingerprint density at radius 1 is 1.04 bits per heavy atom. The Kier molecular flexibility index (Phi) is 7.45. The Balaban J connectivity index is 1.87. The van der Waals surface area contributed by atoms with Gasteiger partial charge in [0.15, 0.2) is 0 Å². The molecule has 2 aromatic carbocycles. The van der Waals surface area contributed by atoms with E-state index < -0.39 is 11.9 Å². The lowest BCUT2D eigenvalue weighted by Crippen LogP contribution is -2.14. The zero-order valence-corrected chi connectivity index (χ0v) is 15.3. The maximum atomic E-state index is 12.1. The smallest absolute Gasteiger partial charge is 0.328 e. The van der Waals surface area contributed by atoms with Crippen molar-refractivity contribution in [2.24, 2.45) is 0 Å². The molecular weight excluding hydrogens is 368 g/mol. The summed E-state index contributed by atoms with van der Waals surface area (Å²) in [6, 6.07) is 14.0. The summed E-state index contributed by atoms with van der Waals surface area (Å²) in [5, 5.41) is 13.9. The van der Waals surface area contributed by atoms with Crippen LogP contribution in [-0.2, 0) is 14.4 Å². The fraction of sp³-hybridized carbons (Fsp3) is 0.105. The van der Waals surface area contributed by atoms with E-state index in [9.17, 15) is 14.4 Å². The van der Waals surface area contributed by atoms with Gasteiger partial charge < -0.3 is 20.5 Å². The first-order chi connectivity index (χ1) is 13.0. The van der Waals surface area contributed by atoms with Gasteiger partial charge in [-0.3, -0.25) is 9.59 Å². The highest BCUT2D eigenvalue weighted by Crippen LogP contribution is 2.22. The monoisotopic (exact) mass is 386 g/mol. The third kappa shape index (κ3) is 7.25. The average Bonchev–Trinajstić information content (AvgIpc) is 2.66. The third-order valence-corrected chi connectivity index (χ3v) is 4.22. The Morgan fingerprint density at radius 2 is 1.78 bits per heavy atom. The lowest BCUT2D eigenvalue weighted by molar-refractivity contribution is -0.131. The number of methoxy groups -OCH3 is 1. The average molecular weight is 386 g/mol. The summed E-state index contributed by atoms with van der Waals surface area (Å²) in [4.78, 5) is 34.9. The van der Waals surface area contributed by atoms with Crippen LogP contribution in [0.5, 0.6) is 5.75 Å². The van der Waals surface area contributed by atoms with E-state index in [-0.39, 0.29) is 11.7 Å². The zero-order valence-electron chi connectivity index (χ0n) is 14.5. The minimum Gasteiger partial charge on any atom is -0.497 e. The van der Waals surface area contributed by atoms with Crippen molar-refractivity contribution in [1.82, 2.24) is 0 Å². The van der Waals surface area contributed by atoms with E-state index in [0.717, 1.165) is 17.0 Å². The summed E-state index contributed by atoms with van der Waals surface area (Å²) in [7, 11) is 1.57. The summed E-state index contributed by atoms with van der Waals surface area (Å²) in [6.45, 7) is 0. The maximum Gasteiger partial charge on any atom is 0.328 e. The van der Waals surface area contributed by atoms with Crippen LogP contribution in [0.25, 0.3) is 0 Å². The summed E-state index contributed by atoms with van der Waals surface area (Å²) in [5.74, 6) is -1.000. The first-order valence-corrected chi connectivity index (χ1v) is 8.83. The highest BCUT2D eigenvalue weighted by molar-refractivity contribution is 8.00. The van der Waals surface area contributed by atoms with Crippen LogP contribution in [0.4, 0.5) is 11.4 Å². The molecule has 27 heavy (non-hydrogen) atoms. The second-order valence-electron chi connectivity index (χ2n) is 5.25. The predicted octanol–water partition coefficient (Wildman–Crippen LogP) is 3.01. The van der Waals surface area contributed by atoms with Gasteiger partial charge in [0.25, 0.3) is 0 Å². The maximum absolute atomic E-state index is 12.1. The van der Waals surface area contributed by atoms with Crippen LogP contribution in [0.3, 0.4) is 0 Å². The van der Waals surface area contributed by atoms with Gasteiger partial charge in [0.1, 0.15) is 5.75 Å². The number of nitrogens with one attached hydrogen (secondary N) is 2. The molecule has 2 rings (SSSR count). The second kappa shape index (κ2) is 10.0. The summed E-state index contributed by atoms with van der Waals surface area (Å²) in [5.41, 5.74) is 1.18. The Bertz CT molecular complexity index is 849. The molecule has 0 atom stereocenters. The third-order valence-electron chi connectivity index (χ3n) is 3.22. The molecule has 2 amide bonds. The number of carboxylic acid groups (broad SMARTS) is 1. The molecule has 0 saturated carbocycles. The van der Waals surface area contributed by atoms with Gasteiger partial charge in [0, 0.05) is 28.4 Å². The van der Waals surface area contributed by atoms with Crippen LogP contribution in [0.2, 0.25) is 0 Å². The largest absolute Gasteiger partial charge is 0.497 e. The molecule has 0 aliphatic carbocycles. The number of hydrogen-bond donors (Lipinski definition) is 3. The number of anilines is 2. The molecular formula is C19H18N2O5S. The quantitative estimate of drug-likeness (QED) is 0.476. The molecule has 2 aromatic rings. The highest BCUT2D eigenvalue weighted by Gasteiger charge is 2.06. The molecule has 8 heteroatoms. The SMILES string of the molecule is COc1ccc(NC(=O)CSc2cccc(NC(=O)/C=C/C(=O)O)c2)cc1. The molecule has 0 spiro atoms. The van der Waals surface area contributed by atoms with Gasteiger partial charge in [-0.25, -0.2) is 4.79 Å². The first kappa shape index (κ1) is 20.1. The molecule has 0 radical (unpaired) electrons. The number of hydrogen-bond acceptors (Lipinski definition) is 5. The number of rotatable bonds is 8. The van der Waals surface area contributed by atoms with Gasteiger partial charge in [-0.05, 0) is 42.5 Å². The number of carbonyl (C=O) groups excluding carboxylic acids is 2. The van der Waals surface area contributed by atoms with Gasteiger partial charge in [0.05, 0.1) is 12.9 Å². The molecule has 0 aromatic heterocycles. The molecule has 0 fully saturated rings. The number of thioether (sulfide) groups is 1. The van der Waals surface area contributed by atoms with Gasteiger partial charge >= 0.3 is 5.97 Å². The minimum atomic E-state index is -1.20. The van der Waals surface area contributed by atoms with E-state index in [1.54, 1.807) is 49.6 Å². The Hall–Kier alpha value is -3.26. The number of ether oxygens (including phenoxy) is 1. The van der Waals surface area contributed by atoms with Crippen molar-refractivity contribution >= 4 is 40.9 Å². The standard InChI is InChI=1S/C19H18N2O5S/c1-26-15-7-5-13(6-8-15)20-18(23)12-27-16-4-2-3-14(11-16)21-17(22)9-10-19(24)25/h2-11H,12H2,1H3,(H,20,23)(H,21,22)(H,24,25)/b10-9+. The highest BCUT2D eigenvalue weighted by atomic mass is 32.2. The van der Waals surface area contributed by atoms with Crippen LogP contribution in [0, 0.1) is 0 Å². The molecule has 0 bridgehead atoms. The van der Waals surface area contributed by atoms with Crippen molar-refractivity contribution < 1.29 is 24.2 Å². The number of carboxylic acids is 1. The van der Waals surface area contributed by atoms with E-state index in [0.29, 0.717) is 17.1 Å². The van der Waals surface area contributed by atoms with Crippen molar-refractivity contribution in [2.75, 3.05) is 23.5 Å². The molecule has 0 unspecified atom stereocenters. The zero-order chi connectivity index (χ0) is 19.6. The van der Waals surface area contributed by atoms with E-state index in [1.165, 1.54) is 11.8 Å². The fourth-order valence-corrected chi connectivity index (χ4v) is 2.77. The summed E-state index contributed by atoms with van der Waals surface area (Å²) < 4.78 is 5.07. The second-order valence-corrected chi connectivity index (χ2v) is 6.30. The van der Waals surface area contributed by atoms with Gasteiger partial charge in [0.2, 0.25) is 11.8 Å². The van der Waals surface area contributed by atoms with Crippen molar-refractivity contribution in [3.8, 4) is 5.75 Å². The lowest BCUT2D eigenvalue weighted by Gasteiger charge is -2.07. The normalized spacial score (nSPS) is 10.4. The van der Waals surface area contributed by atoms with Crippen molar-refractivity contribution in [3.05, 3.63) is 60.7 Å². The number of amides is 2. The van der Waals surface area contributed by atoms with E-state index in [1.807, 2.05) is 6.07 Å². The van der Waals surface area contributed by atoms with Crippen LogP contribution in [0.15, 0.2) is 65.6 Å². The molecule has 0 aliphatic heterocycles. The molecule has 7 nitrogen and oxygen atoms in total. The van der Waals surface area contributed by atoms with Crippen molar-refractivity contribution in [2.45, 2.75) is 4.90 Å². The predicted molar refractivity (Wildman–Crippen MR) is 104 cm³/mol. The summed E-state index contributed by atoms with van der Waals surface area (Å²) >= 11 is 1.31. The van der Waals surface area contributed by atoms with Crippen LogP contribution < -0.4 is 15.4 Å².